The molecule has 0 amide bonds. The number of nitrogens with two attached hydrogens (primary N) is 2. The van der Waals surface area contributed by atoms with E-state index < -0.39 is 0 Å². The maximum absolute atomic E-state index is 6.43. The van der Waals surface area contributed by atoms with Crippen molar-refractivity contribution in [3.63, 3.8) is 0 Å². The van der Waals surface area contributed by atoms with Gasteiger partial charge in [0.2, 0.25) is 0 Å². The summed E-state index contributed by atoms with van der Waals surface area (Å²) in [5.74, 6) is 2.41. The van der Waals surface area contributed by atoms with Crippen molar-refractivity contribution in [1.29, 1.82) is 0 Å². The van der Waals surface area contributed by atoms with E-state index in [4.69, 9.17) is 34.7 Å². The highest BCUT2D eigenvalue weighted by molar-refractivity contribution is 6.33. The first-order chi connectivity index (χ1) is 15.9. The van der Waals surface area contributed by atoms with Gasteiger partial charge in [-0.05, 0) is 68.7 Å². The van der Waals surface area contributed by atoms with Gasteiger partial charge in [0.15, 0.2) is 5.82 Å². The van der Waals surface area contributed by atoms with E-state index in [1.54, 1.807) is 12.1 Å². The van der Waals surface area contributed by atoms with Crippen LogP contribution in [-0.2, 0) is 6.54 Å². The molecule has 0 bridgehead atoms. The molecule has 0 aliphatic carbocycles. The van der Waals surface area contributed by atoms with E-state index in [1.807, 2.05) is 12.1 Å². The first-order valence-corrected chi connectivity index (χ1v) is 12.2. The van der Waals surface area contributed by atoms with E-state index in [9.17, 15) is 0 Å². The van der Waals surface area contributed by atoms with Gasteiger partial charge in [-0.15, -0.1) is 10.2 Å². The monoisotopic (exact) mass is 490 g/mol. The second-order valence-electron chi connectivity index (χ2n) is 8.66. The molecule has 8 nitrogen and oxygen atoms in total. The van der Waals surface area contributed by atoms with Gasteiger partial charge < -0.3 is 31.6 Å². The predicted octanol–water partition coefficient (Wildman–Crippen LogP) is 3.23. The fourth-order valence-corrected chi connectivity index (χ4v) is 4.83. The van der Waals surface area contributed by atoms with Crippen LogP contribution in [0.5, 0.6) is 0 Å². The smallest absolute Gasteiger partial charge is 0.177 e. The summed E-state index contributed by atoms with van der Waals surface area (Å²) in [6.45, 7) is 7.61. The summed E-state index contributed by atoms with van der Waals surface area (Å²) in [6, 6.07) is 5.46. The number of piperidine rings is 1. The van der Waals surface area contributed by atoms with Crippen molar-refractivity contribution >= 4 is 28.9 Å². The van der Waals surface area contributed by atoms with Crippen LogP contribution in [0.4, 0.5) is 0 Å². The minimum absolute atomic E-state index is 0.384. The molecule has 0 atom stereocenters. The van der Waals surface area contributed by atoms with Crippen LogP contribution >= 0.6 is 23.2 Å². The number of benzene rings is 1. The third kappa shape index (κ3) is 5.75. The van der Waals surface area contributed by atoms with E-state index in [0.29, 0.717) is 39.9 Å². The number of rotatable bonds is 7. The van der Waals surface area contributed by atoms with E-state index in [2.05, 4.69) is 37.2 Å². The second kappa shape index (κ2) is 10.7. The van der Waals surface area contributed by atoms with Crippen LogP contribution in [0.25, 0.3) is 5.70 Å². The Morgan fingerprint density at radius 1 is 1.21 bits per heavy atom. The van der Waals surface area contributed by atoms with Crippen LogP contribution in [0.1, 0.15) is 49.3 Å². The van der Waals surface area contributed by atoms with Gasteiger partial charge in [-0.3, -0.25) is 0 Å². The number of hydrogen-bond donors (Lipinski definition) is 4. The molecule has 1 aromatic carbocycles. The number of nitrogens with one attached hydrogen (secondary N) is 2. The van der Waals surface area contributed by atoms with Crippen LogP contribution in [-0.4, -0.2) is 57.7 Å². The van der Waals surface area contributed by atoms with Crippen molar-refractivity contribution in [3.05, 3.63) is 63.1 Å². The Kier molecular flexibility index (Phi) is 7.67. The van der Waals surface area contributed by atoms with Crippen LogP contribution < -0.4 is 16.8 Å². The average molecular weight is 491 g/mol. The largest absolute Gasteiger partial charge is 0.396 e. The summed E-state index contributed by atoms with van der Waals surface area (Å²) in [6.07, 6.45) is 5.18. The fraction of sp³-hybridized carbons (Fsp3) is 0.478. The summed E-state index contributed by atoms with van der Waals surface area (Å²) in [7, 11) is 0. The molecule has 6 N–H and O–H groups in total. The van der Waals surface area contributed by atoms with E-state index >= 15 is 0 Å². The SMILES string of the molecule is CCCN1CCC(c2nnc(/C(N)=C/C3=C(N)NCCN3Cc3cc(Cl)ccc3Cl)[nH]2)CC1. The standard InChI is InChI=1S/C23H32Cl2N8/c1-2-8-32-9-5-15(6-10-32)22-29-23(31-30-22)19(26)13-20-21(27)28-7-11-33(20)14-16-12-17(24)3-4-18(16)25/h3-4,12-13,15,28H,2,5-11,14,26-27H2,1H3,(H,29,30,31)/b19-13-. The average Bonchev–Trinajstić information content (AvgIpc) is 3.30. The maximum Gasteiger partial charge on any atom is 0.177 e. The minimum atomic E-state index is 0.384. The Hall–Kier alpha value is -2.42. The molecule has 0 unspecified atom stereocenters. The van der Waals surface area contributed by atoms with Gasteiger partial charge >= 0.3 is 0 Å². The zero-order valence-electron chi connectivity index (χ0n) is 19.0. The first-order valence-electron chi connectivity index (χ1n) is 11.5. The zero-order valence-corrected chi connectivity index (χ0v) is 20.5. The lowest BCUT2D eigenvalue weighted by molar-refractivity contribution is 0.210. The van der Waals surface area contributed by atoms with Crippen molar-refractivity contribution in [3.8, 4) is 0 Å². The highest BCUT2D eigenvalue weighted by Crippen LogP contribution is 2.27. The normalized spacial score (nSPS) is 18.6. The van der Waals surface area contributed by atoms with Crippen molar-refractivity contribution in [2.75, 3.05) is 32.7 Å². The van der Waals surface area contributed by atoms with Crippen molar-refractivity contribution in [1.82, 2.24) is 30.3 Å². The highest BCUT2D eigenvalue weighted by atomic mass is 35.5. The van der Waals surface area contributed by atoms with Crippen molar-refractivity contribution in [2.24, 2.45) is 11.5 Å². The number of aromatic nitrogens is 3. The number of aromatic amines is 1. The summed E-state index contributed by atoms with van der Waals surface area (Å²) in [4.78, 5) is 7.98. The Morgan fingerprint density at radius 2 is 2.00 bits per heavy atom. The molecule has 2 aromatic rings. The molecule has 10 heteroatoms. The molecule has 178 valence electrons. The lowest BCUT2D eigenvalue weighted by atomic mass is 9.96. The van der Waals surface area contributed by atoms with Gasteiger partial charge in [0.1, 0.15) is 11.6 Å². The lowest BCUT2D eigenvalue weighted by Gasteiger charge is -2.32. The van der Waals surface area contributed by atoms with Gasteiger partial charge in [-0.1, -0.05) is 30.1 Å². The highest BCUT2D eigenvalue weighted by Gasteiger charge is 2.24. The van der Waals surface area contributed by atoms with Crippen LogP contribution in [0.2, 0.25) is 10.0 Å². The molecule has 3 heterocycles. The molecular formula is C23H32Cl2N8. The molecule has 2 aliphatic heterocycles. The molecule has 1 aromatic heterocycles. The van der Waals surface area contributed by atoms with E-state index in [0.717, 1.165) is 62.7 Å². The number of hydrogen-bond acceptors (Lipinski definition) is 7. The van der Waals surface area contributed by atoms with Crippen molar-refractivity contribution in [2.45, 2.75) is 38.6 Å². The van der Waals surface area contributed by atoms with Crippen LogP contribution in [0.3, 0.4) is 0 Å². The van der Waals surface area contributed by atoms with E-state index in [-0.39, 0.29) is 0 Å². The number of allylic oxidation sites excluding steroid dienone is 1. The zero-order chi connectivity index (χ0) is 23.4. The van der Waals surface area contributed by atoms with Gasteiger partial charge in [0.25, 0.3) is 0 Å². The number of likely N-dealkylation sites (tertiary alicyclic amines) is 1. The molecule has 33 heavy (non-hydrogen) atoms. The molecule has 0 saturated carbocycles. The molecule has 0 radical (unpaired) electrons. The third-order valence-corrected chi connectivity index (χ3v) is 6.87. The summed E-state index contributed by atoms with van der Waals surface area (Å²) < 4.78 is 0. The lowest BCUT2D eigenvalue weighted by Crippen LogP contribution is -2.41. The fourth-order valence-electron chi connectivity index (χ4n) is 4.46. The van der Waals surface area contributed by atoms with Gasteiger partial charge in [0, 0.05) is 35.6 Å². The summed E-state index contributed by atoms with van der Waals surface area (Å²) in [5.41, 5.74) is 14.9. The minimum Gasteiger partial charge on any atom is -0.396 e. The Bertz CT molecular complexity index is 1020. The number of nitrogens with zero attached hydrogens (tertiary/aromatic N) is 4. The van der Waals surface area contributed by atoms with Crippen LogP contribution in [0, 0.1) is 0 Å². The second-order valence-corrected chi connectivity index (χ2v) is 9.50. The maximum atomic E-state index is 6.43. The predicted molar refractivity (Wildman–Crippen MR) is 133 cm³/mol. The summed E-state index contributed by atoms with van der Waals surface area (Å²) in [5, 5.41) is 13.2. The Balaban J connectivity index is 1.49. The molecule has 2 aliphatic rings. The first kappa shape index (κ1) is 23.7. The molecule has 1 saturated heterocycles. The Labute approximate surface area is 205 Å². The van der Waals surface area contributed by atoms with Crippen molar-refractivity contribution < 1.29 is 0 Å². The van der Waals surface area contributed by atoms with Gasteiger partial charge in [-0.25, -0.2) is 0 Å². The third-order valence-electron chi connectivity index (χ3n) is 6.27. The Morgan fingerprint density at radius 3 is 2.76 bits per heavy atom. The van der Waals surface area contributed by atoms with Gasteiger partial charge in [0.05, 0.1) is 11.4 Å². The number of H-pyrrole nitrogens is 1. The number of halogens is 2. The molecule has 0 spiro atoms. The van der Waals surface area contributed by atoms with Crippen LogP contribution in [0.15, 0.2) is 35.8 Å². The molecular weight excluding hydrogens is 459 g/mol. The van der Waals surface area contributed by atoms with E-state index in [1.165, 1.54) is 6.42 Å². The summed E-state index contributed by atoms with van der Waals surface area (Å²) >= 11 is 12.6. The quantitative estimate of drug-likeness (QED) is 0.471. The van der Waals surface area contributed by atoms with Gasteiger partial charge in [-0.2, -0.15) is 0 Å². The topological polar surface area (TPSA) is 112 Å². The molecule has 4 rings (SSSR count). The molecule has 1 fully saturated rings.